The van der Waals surface area contributed by atoms with E-state index >= 15 is 0 Å². The summed E-state index contributed by atoms with van der Waals surface area (Å²) in [6.07, 6.45) is 7.71. The molecule has 34 heavy (non-hydrogen) atoms. The van der Waals surface area contributed by atoms with Gasteiger partial charge < -0.3 is 14.3 Å². The van der Waals surface area contributed by atoms with Gasteiger partial charge in [0.05, 0.1) is 17.1 Å². The molecule has 0 aromatic heterocycles. The summed E-state index contributed by atoms with van der Waals surface area (Å²) < 4.78 is 12.1. The summed E-state index contributed by atoms with van der Waals surface area (Å²) in [6, 6.07) is 17.2. The zero-order valence-electron chi connectivity index (χ0n) is 18.7. The number of non-ortho nitro benzene ring substituents is 1. The fourth-order valence-electron chi connectivity index (χ4n) is 4.34. The molecule has 0 radical (unpaired) electrons. The monoisotopic (exact) mass is 479 g/mol. The second kappa shape index (κ2) is 11.2. The van der Waals surface area contributed by atoms with E-state index in [1.807, 2.05) is 24.3 Å². The van der Waals surface area contributed by atoms with Gasteiger partial charge in [-0.1, -0.05) is 43.0 Å². The highest BCUT2D eigenvalue weighted by atomic mass is 35.5. The van der Waals surface area contributed by atoms with Gasteiger partial charge in [0.1, 0.15) is 29.3 Å². The number of nitro groups is 1. The van der Waals surface area contributed by atoms with Crippen molar-refractivity contribution in [3.8, 4) is 23.0 Å². The van der Waals surface area contributed by atoms with Crippen molar-refractivity contribution in [2.45, 2.75) is 50.9 Å². The van der Waals surface area contributed by atoms with Gasteiger partial charge in [-0.2, -0.15) is 0 Å². The number of carbonyl (C=O) groups is 1. The van der Waals surface area contributed by atoms with Crippen molar-refractivity contribution < 1.29 is 19.2 Å². The molecule has 0 atom stereocenters. The molecule has 0 bridgehead atoms. The van der Waals surface area contributed by atoms with Crippen molar-refractivity contribution in [3.63, 3.8) is 0 Å². The number of hydrogen-bond donors (Lipinski definition) is 0. The van der Waals surface area contributed by atoms with E-state index in [0.717, 1.165) is 30.3 Å². The smallest absolute Gasteiger partial charge is 0.276 e. The third kappa shape index (κ3) is 6.14. The Bertz CT molecular complexity index is 1160. The minimum absolute atomic E-state index is 0.122. The van der Waals surface area contributed by atoms with Crippen LogP contribution in [0.4, 0.5) is 5.69 Å². The van der Waals surface area contributed by atoms with E-state index < -0.39 is 4.92 Å². The third-order valence-corrected chi connectivity index (χ3v) is 6.27. The molecule has 0 amide bonds. The molecule has 1 saturated carbocycles. The molecule has 7 heteroatoms. The molecule has 4 rings (SSSR count). The maximum atomic E-state index is 11.6. The maximum Gasteiger partial charge on any atom is 0.276 e. The van der Waals surface area contributed by atoms with Crippen molar-refractivity contribution >= 4 is 23.6 Å². The lowest BCUT2D eigenvalue weighted by Gasteiger charge is -2.24. The van der Waals surface area contributed by atoms with Gasteiger partial charge in [0.25, 0.3) is 5.69 Å². The van der Waals surface area contributed by atoms with Crippen LogP contribution in [0.3, 0.4) is 0 Å². The van der Waals surface area contributed by atoms with E-state index in [0.29, 0.717) is 46.8 Å². The quantitative estimate of drug-likeness (QED) is 0.176. The number of carbonyl (C=O) groups excluding carboxylic acids is 1. The van der Waals surface area contributed by atoms with Crippen LogP contribution in [-0.4, -0.2) is 11.2 Å². The van der Waals surface area contributed by atoms with Crippen LogP contribution in [0.25, 0.3) is 0 Å². The molecule has 0 N–H and O–H groups in total. The van der Waals surface area contributed by atoms with Gasteiger partial charge >= 0.3 is 0 Å². The molecule has 0 saturated heterocycles. The zero-order valence-corrected chi connectivity index (χ0v) is 19.5. The Morgan fingerprint density at radius 3 is 2.29 bits per heavy atom. The standard InChI is InChI=1S/C27H26ClNO5/c28-21-10-13-27(26(15-21)20-6-2-1-3-7-20)34-25-17-22(29(31)32)16-24(18-25)33-23-11-8-19(9-12-23)5-4-14-30/h8-18,20H,1-7H2. The Morgan fingerprint density at radius 1 is 0.912 bits per heavy atom. The molecular weight excluding hydrogens is 454 g/mol. The molecule has 3 aromatic carbocycles. The van der Waals surface area contributed by atoms with Gasteiger partial charge in [-0.05, 0) is 66.6 Å². The molecule has 6 nitrogen and oxygen atoms in total. The largest absolute Gasteiger partial charge is 0.457 e. The van der Waals surface area contributed by atoms with Crippen LogP contribution in [0.5, 0.6) is 23.0 Å². The van der Waals surface area contributed by atoms with Gasteiger partial charge in [-0.25, -0.2) is 0 Å². The van der Waals surface area contributed by atoms with Crippen LogP contribution in [0.1, 0.15) is 55.6 Å². The zero-order chi connectivity index (χ0) is 23.9. The predicted octanol–water partition coefficient (Wildman–Crippen LogP) is 8.01. The molecule has 0 unspecified atom stereocenters. The lowest BCUT2D eigenvalue weighted by Crippen LogP contribution is -2.06. The van der Waals surface area contributed by atoms with E-state index in [4.69, 9.17) is 21.1 Å². The van der Waals surface area contributed by atoms with Gasteiger partial charge in [-0.15, -0.1) is 0 Å². The van der Waals surface area contributed by atoms with Crippen LogP contribution in [-0.2, 0) is 11.2 Å². The summed E-state index contributed by atoms with van der Waals surface area (Å²) in [5.74, 6) is 2.18. The first-order chi connectivity index (χ1) is 16.5. The fourth-order valence-corrected chi connectivity index (χ4v) is 4.52. The number of nitrogens with zero attached hydrogens (tertiary/aromatic N) is 1. The molecule has 3 aromatic rings. The van der Waals surface area contributed by atoms with Gasteiger partial charge in [0.15, 0.2) is 0 Å². The highest BCUT2D eigenvalue weighted by molar-refractivity contribution is 6.30. The average Bonchev–Trinajstić information content (AvgIpc) is 2.85. The lowest BCUT2D eigenvalue weighted by molar-refractivity contribution is -0.385. The minimum atomic E-state index is -0.466. The van der Waals surface area contributed by atoms with Crippen molar-refractivity contribution in [3.05, 3.63) is 86.9 Å². The van der Waals surface area contributed by atoms with Gasteiger partial charge in [0, 0.05) is 17.5 Å². The Kier molecular flexibility index (Phi) is 7.80. The molecular formula is C27H26ClNO5. The average molecular weight is 480 g/mol. The molecule has 0 heterocycles. The van der Waals surface area contributed by atoms with E-state index in [2.05, 4.69) is 0 Å². The van der Waals surface area contributed by atoms with Gasteiger partial charge in [-0.3, -0.25) is 10.1 Å². The maximum absolute atomic E-state index is 11.6. The van der Waals surface area contributed by atoms with Crippen LogP contribution in [0.2, 0.25) is 5.02 Å². The number of aryl methyl sites for hydroxylation is 1. The number of hydrogen-bond acceptors (Lipinski definition) is 5. The first-order valence-corrected chi connectivity index (χ1v) is 11.9. The molecule has 1 fully saturated rings. The van der Waals surface area contributed by atoms with Crippen molar-refractivity contribution in [1.29, 1.82) is 0 Å². The number of aldehydes is 1. The SMILES string of the molecule is O=CCCc1ccc(Oc2cc(Oc3ccc(Cl)cc3C3CCCCC3)cc([N+](=O)[O-])c2)cc1. The molecule has 176 valence electrons. The number of benzene rings is 3. The van der Waals surface area contributed by atoms with Crippen molar-refractivity contribution in [1.82, 2.24) is 0 Å². The topological polar surface area (TPSA) is 78.7 Å². The Hall–Kier alpha value is -3.38. The van der Waals surface area contributed by atoms with E-state index in [-0.39, 0.29) is 5.69 Å². The number of halogens is 1. The highest BCUT2D eigenvalue weighted by Crippen LogP contribution is 2.41. The summed E-state index contributed by atoms with van der Waals surface area (Å²) in [4.78, 5) is 21.7. The van der Waals surface area contributed by atoms with Crippen LogP contribution in [0.15, 0.2) is 60.7 Å². The number of rotatable bonds is 9. The van der Waals surface area contributed by atoms with Crippen molar-refractivity contribution in [2.75, 3.05) is 0 Å². The lowest BCUT2D eigenvalue weighted by atomic mass is 9.84. The van der Waals surface area contributed by atoms with E-state index in [1.54, 1.807) is 24.3 Å². The predicted molar refractivity (Wildman–Crippen MR) is 131 cm³/mol. The van der Waals surface area contributed by atoms with Gasteiger partial charge in [0.2, 0.25) is 0 Å². The normalized spacial score (nSPS) is 13.9. The van der Waals surface area contributed by atoms with E-state index in [1.165, 1.54) is 31.4 Å². The summed E-state index contributed by atoms with van der Waals surface area (Å²) in [6.45, 7) is 0. The summed E-state index contributed by atoms with van der Waals surface area (Å²) in [7, 11) is 0. The first kappa shape index (κ1) is 23.8. The minimum Gasteiger partial charge on any atom is -0.457 e. The number of nitro benzene ring substituents is 1. The van der Waals surface area contributed by atoms with Crippen LogP contribution in [0, 0.1) is 10.1 Å². The molecule has 0 spiro atoms. The second-order valence-corrected chi connectivity index (χ2v) is 8.93. The summed E-state index contributed by atoms with van der Waals surface area (Å²) in [5.41, 5.74) is 1.93. The first-order valence-electron chi connectivity index (χ1n) is 11.5. The summed E-state index contributed by atoms with van der Waals surface area (Å²) in [5, 5.41) is 12.2. The molecule has 1 aliphatic rings. The fraction of sp³-hybridized carbons (Fsp3) is 0.296. The summed E-state index contributed by atoms with van der Waals surface area (Å²) >= 11 is 6.28. The Morgan fingerprint density at radius 2 is 1.62 bits per heavy atom. The number of ether oxygens (including phenoxy) is 2. The van der Waals surface area contributed by atoms with Crippen LogP contribution >= 0.6 is 11.6 Å². The third-order valence-electron chi connectivity index (χ3n) is 6.03. The second-order valence-electron chi connectivity index (χ2n) is 8.49. The Balaban J connectivity index is 1.59. The Labute approximate surface area is 203 Å². The molecule has 1 aliphatic carbocycles. The highest BCUT2D eigenvalue weighted by Gasteiger charge is 2.21. The van der Waals surface area contributed by atoms with Crippen LogP contribution < -0.4 is 9.47 Å². The van der Waals surface area contributed by atoms with E-state index in [9.17, 15) is 14.9 Å². The molecule has 0 aliphatic heterocycles. The van der Waals surface area contributed by atoms with Crippen molar-refractivity contribution in [2.24, 2.45) is 0 Å².